The maximum absolute atomic E-state index is 5.95. The van der Waals surface area contributed by atoms with Crippen LogP contribution in [0.4, 0.5) is 0 Å². The van der Waals surface area contributed by atoms with Gasteiger partial charge < -0.3 is 9.73 Å². The number of rotatable bonds is 4. The highest BCUT2D eigenvalue weighted by molar-refractivity contribution is 5.82. The van der Waals surface area contributed by atoms with Crippen LogP contribution in [0.2, 0.25) is 0 Å². The van der Waals surface area contributed by atoms with Crippen LogP contribution in [0.15, 0.2) is 28.7 Å². The van der Waals surface area contributed by atoms with Crippen LogP contribution in [0.3, 0.4) is 0 Å². The van der Waals surface area contributed by atoms with E-state index in [1.807, 2.05) is 6.07 Å². The van der Waals surface area contributed by atoms with E-state index in [2.05, 4.69) is 30.4 Å². The lowest BCUT2D eigenvalue weighted by Crippen LogP contribution is -2.30. The molecule has 2 heteroatoms. The molecular formula is C17H23NO. The highest BCUT2D eigenvalue weighted by Gasteiger charge is 2.16. The van der Waals surface area contributed by atoms with Crippen molar-refractivity contribution in [3.8, 4) is 0 Å². The van der Waals surface area contributed by atoms with Crippen LogP contribution in [0.5, 0.6) is 0 Å². The van der Waals surface area contributed by atoms with E-state index in [1.54, 1.807) is 0 Å². The summed E-state index contributed by atoms with van der Waals surface area (Å²) in [7, 11) is 0. The van der Waals surface area contributed by atoms with Gasteiger partial charge in [-0.05, 0) is 18.9 Å². The van der Waals surface area contributed by atoms with Crippen molar-refractivity contribution in [2.75, 3.05) is 0 Å². The second-order valence-corrected chi connectivity index (χ2v) is 5.57. The zero-order chi connectivity index (χ0) is 13.1. The number of benzene rings is 1. The van der Waals surface area contributed by atoms with E-state index in [1.165, 1.54) is 43.1 Å². The van der Waals surface area contributed by atoms with Gasteiger partial charge in [-0.15, -0.1) is 0 Å². The molecule has 1 saturated carbocycles. The molecule has 1 N–H and O–H groups in total. The second-order valence-electron chi connectivity index (χ2n) is 5.57. The molecule has 1 fully saturated rings. The third kappa shape index (κ3) is 2.69. The van der Waals surface area contributed by atoms with Crippen LogP contribution >= 0.6 is 0 Å². The lowest BCUT2D eigenvalue weighted by Gasteiger charge is -2.22. The monoisotopic (exact) mass is 257 g/mol. The lowest BCUT2D eigenvalue weighted by atomic mass is 9.95. The van der Waals surface area contributed by atoms with Gasteiger partial charge in [-0.3, -0.25) is 0 Å². The standard InChI is InChI=1S/C17H23NO/c1-2-16-15(12-18-13-8-4-3-5-9-13)14-10-6-7-11-17(14)19-16/h6-7,10-11,13,18H,2-5,8-9,12H2,1H3. The highest BCUT2D eigenvalue weighted by Crippen LogP contribution is 2.27. The summed E-state index contributed by atoms with van der Waals surface area (Å²) in [6, 6.07) is 9.09. The molecule has 0 unspecified atom stereocenters. The molecule has 19 heavy (non-hydrogen) atoms. The van der Waals surface area contributed by atoms with Crippen molar-refractivity contribution in [3.63, 3.8) is 0 Å². The van der Waals surface area contributed by atoms with Crippen LogP contribution in [-0.2, 0) is 13.0 Å². The van der Waals surface area contributed by atoms with Crippen LogP contribution < -0.4 is 5.32 Å². The van der Waals surface area contributed by atoms with Crippen molar-refractivity contribution in [1.29, 1.82) is 0 Å². The van der Waals surface area contributed by atoms with Gasteiger partial charge in [-0.1, -0.05) is 44.4 Å². The number of aryl methyl sites for hydroxylation is 1. The Kier molecular flexibility index (Phi) is 3.88. The molecule has 0 bridgehead atoms. The van der Waals surface area contributed by atoms with Crippen molar-refractivity contribution >= 4 is 11.0 Å². The molecular weight excluding hydrogens is 234 g/mol. The maximum Gasteiger partial charge on any atom is 0.134 e. The topological polar surface area (TPSA) is 25.2 Å². The summed E-state index contributed by atoms with van der Waals surface area (Å²) in [4.78, 5) is 0. The van der Waals surface area contributed by atoms with Gasteiger partial charge >= 0.3 is 0 Å². The zero-order valence-corrected chi connectivity index (χ0v) is 11.7. The summed E-state index contributed by atoms with van der Waals surface area (Å²) in [5.41, 5.74) is 2.39. The van der Waals surface area contributed by atoms with Gasteiger partial charge in [-0.2, -0.15) is 0 Å². The summed E-state index contributed by atoms with van der Waals surface area (Å²) in [6.07, 6.45) is 7.80. The molecule has 102 valence electrons. The fourth-order valence-corrected chi connectivity index (χ4v) is 3.18. The van der Waals surface area contributed by atoms with E-state index >= 15 is 0 Å². The lowest BCUT2D eigenvalue weighted by molar-refractivity contribution is 0.371. The van der Waals surface area contributed by atoms with Gasteiger partial charge in [0.1, 0.15) is 11.3 Å². The minimum absolute atomic E-state index is 0.701. The van der Waals surface area contributed by atoms with E-state index in [0.717, 1.165) is 24.3 Å². The Morgan fingerprint density at radius 3 is 2.74 bits per heavy atom. The number of furan rings is 1. The molecule has 1 aromatic carbocycles. The average molecular weight is 257 g/mol. The van der Waals surface area contributed by atoms with Gasteiger partial charge in [0.05, 0.1) is 0 Å². The third-order valence-corrected chi connectivity index (χ3v) is 4.28. The van der Waals surface area contributed by atoms with Crippen LogP contribution in [-0.4, -0.2) is 6.04 Å². The minimum Gasteiger partial charge on any atom is -0.461 e. The van der Waals surface area contributed by atoms with Crippen molar-refractivity contribution < 1.29 is 4.42 Å². The first-order valence-corrected chi connectivity index (χ1v) is 7.61. The number of hydrogen-bond donors (Lipinski definition) is 1. The predicted octanol–water partition coefficient (Wildman–Crippen LogP) is 4.42. The highest BCUT2D eigenvalue weighted by atomic mass is 16.3. The normalized spacial score (nSPS) is 17.1. The number of fused-ring (bicyclic) bond motifs is 1. The smallest absolute Gasteiger partial charge is 0.134 e. The average Bonchev–Trinajstić information content (AvgIpc) is 2.84. The first-order chi connectivity index (χ1) is 9.38. The van der Waals surface area contributed by atoms with Crippen molar-refractivity contribution in [3.05, 3.63) is 35.6 Å². The summed E-state index contributed by atoms with van der Waals surface area (Å²) < 4.78 is 5.95. The van der Waals surface area contributed by atoms with Gasteiger partial charge in [-0.25, -0.2) is 0 Å². The van der Waals surface area contributed by atoms with E-state index in [-0.39, 0.29) is 0 Å². The Balaban J connectivity index is 1.78. The molecule has 2 nitrogen and oxygen atoms in total. The largest absolute Gasteiger partial charge is 0.461 e. The predicted molar refractivity (Wildman–Crippen MR) is 79.3 cm³/mol. The second kappa shape index (κ2) is 5.79. The molecule has 1 heterocycles. The minimum atomic E-state index is 0.701. The molecule has 2 aromatic rings. The van der Waals surface area contributed by atoms with E-state index < -0.39 is 0 Å². The Hall–Kier alpha value is -1.28. The van der Waals surface area contributed by atoms with Crippen LogP contribution in [0.1, 0.15) is 50.4 Å². The zero-order valence-electron chi connectivity index (χ0n) is 11.7. The van der Waals surface area contributed by atoms with Gasteiger partial charge in [0, 0.05) is 30.0 Å². The van der Waals surface area contributed by atoms with Crippen LogP contribution in [0, 0.1) is 0 Å². The molecule has 0 amide bonds. The Morgan fingerprint density at radius 2 is 1.95 bits per heavy atom. The quantitative estimate of drug-likeness (QED) is 0.877. The summed E-state index contributed by atoms with van der Waals surface area (Å²) in [6.45, 7) is 3.12. The molecule has 0 radical (unpaired) electrons. The molecule has 1 aliphatic rings. The maximum atomic E-state index is 5.95. The fraction of sp³-hybridized carbons (Fsp3) is 0.529. The molecule has 0 saturated heterocycles. The number of hydrogen-bond acceptors (Lipinski definition) is 2. The van der Waals surface area contributed by atoms with Crippen molar-refractivity contribution in [2.45, 2.75) is 58.0 Å². The Bertz CT molecular complexity index is 537. The van der Waals surface area contributed by atoms with Crippen molar-refractivity contribution in [2.24, 2.45) is 0 Å². The van der Waals surface area contributed by atoms with Gasteiger partial charge in [0.25, 0.3) is 0 Å². The van der Waals surface area contributed by atoms with Gasteiger partial charge in [0.2, 0.25) is 0 Å². The van der Waals surface area contributed by atoms with Crippen molar-refractivity contribution in [1.82, 2.24) is 5.32 Å². The van der Waals surface area contributed by atoms with Gasteiger partial charge in [0.15, 0.2) is 0 Å². The molecule has 0 spiro atoms. The SMILES string of the molecule is CCc1oc2ccccc2c1CNC1CCCCC1. The molecule has 3 rings (SSSR count). The third-order valence-electron chi connectivity index (χ3n) is 4.28. The molecule has 1 aromatic heterocycles. The van der Waals surface area contributed by atoms with E-state index in [4.69, 9.17) is 4.42 Å². The molecule has 0 aliphatic heterocycles. The summed E-state index contributed by atoms with van der Waals surface area (Å²) in [5, 5.41) is 5.01. The fourth-order valence-electron chi connectivity index (χ4n) is 3.18. The first-order valence-electron chi connectivity index (χ1n) is 7.61. The molecule has 1 aliphatic carbocycles. The molecule has 0 atom stereocenters. The Labute approximate surface area is 115 Å². The van der Waals surface area contributed by atoms with E-state index in [0.29, 0.717) is 6.04 Å². The van der Waals surface area contributed by atoms with E-state index in [9.17, 15) is 0 Å². The number of nitrogens with one attached hydrogen (secondary N) is 1. The Morgan fingerprint density at radius 1 is 1.16 bits per heavy atom. The van der Waals surface area contributed by atoms with Crippen LogP contribution in [0.25, 0.3) is 11.0 Å². The summed E-state index contributed by atoms with van der Waals surface area (Å²) in [5.74, 6) is 1.14. The number of para-hydroxylation sites is 1. The summed E-state index contributed by atoms with van der Waals surface area (Å²) >= 11 is 0. The first kappa shape index (κ1) is 12.7.